The van der Waals surface area contributed by atoms with Crippen molar-refractivity contribution in [1.82, 2.24) is 5.32 Å². The van der Waals surface area contributed by atoms with Gasteiger partial charge in [0.2, 0.25) is 5.91 Å². The summed E-state index contributed by atoms with van der Waals surface area (Å²) in [5.74, 6) is -0.555. The number of carbonyl (C=O) groups excluding carboxylic acids is 1. The lowest BCUT2D eigenvalue weighted by Gasteiger charge is -2.11. The van der Waals surface area contributed by atoms with Crippen molar-refractivity contribution in [1.29, 1.82) is 0 Å². The number of nitrogens with one attached hydrogen (secondary N) is 2. The second kappa shape index (κ2) is 9.59. The van der Waals surface area contributed by atoms with Gasteiger partial charge < -0.3 is 10.6 Å². The number of amides is 1. The van der Waals surface area contributed by atoms with Crippen LogP contribution in [0.4, 0.5) is 18.9 Å². The molecule has 0 saturated heterocycles. The van der Waals surface area contributed by atoms with Gasteiger partial charge in [-0.15, -0.1) is 0 Å². The van der Waals surface area contributed by atoms with Gasteiger partial charge in [0.05, 0.1) is 23.6 Å². The molecule has 2 rings (SSSR count). The maximum atomic E-state index is 12.7. The highest BCUT2D eigenvalue weighted by Crippen LogP contribution is 2.30. The number of halogens is 3. The Balaban J connectivity index is 1.70. The minimum atomic E-state index is -4.45. The Morgan fingerprint density at radius 2 is 1.71 bits per heavy atom. The number of benzene rings is 2. The van der Waals surface area contributed by atoms with Crippen LogP contribution in [0.5, 0.6) is 0 Å². The lowest BCUT2D eigenvalue weighted by Crippen LogP contribution is -2.31. The Labute approximate surface area is 161 Å². The highest BCUT2D eigenvalue weighted by molar-refractivity contribution is 7.90. The molecule has 28 heavy (non-hydrogen) atoms. The summed E-state index contributed by atoms with van der Waals surface area (Å²) in [6.45, 7) is -0.0464. The predicted octanol–water partition coefficient (Wildman–Crippen LogP) is 3.24. The average molecular weight is 414 g/mol. The maximum Gasteiger partial charge on any atom is 0.416 e. The van der Waals surface area contributed by atoms with E-state index in [9.17, 15) is 26.4 Å². The summed E-state index contributed by atoms with van der Waals surface area (Å²) in [6, 6.07) is 13.4. The predicted molar refractivity (Wildman–Crippen MR) is 101 cm³/mol. The van der Waals surface area contributed by atoms with E-state index >= 15 is 0 Å². The van der Waals surface area contributed by atoms with Crippen LogP contribution in [0.25, 0.3) is 0 Å². The summed E-state index contributed by atoms with van der Waals surface area (Å²) >= 11 is 0. The van der Waals surface area contributed by atoms with Crippen LogP contribution in [0, 0.1) is 0 Å². The van der Waals surface area contributed by atoms with Crippen LogP contribution in [0.15, 0.2) is 54.6 Å². The molecule has 0 spiro atoms. The van der Waals surface area contributed by atoms with E-state index in [0.717, 1.165) is 12.1 Å². The van der Waals surface area contributed by atoms with E-state index in [1.54, 1.807) is 30.3 Å². The van der Waals surface area contributed by atoms with Gasteiger partial charge in [0, 0.05) is 12.2 Å². The zero-order valence-corrected chi connectivity index (χ0v) is 15.8. The van der Waals surface area contributed by atoms with Gasteiger partial charge in [-0.3, -0.25) is 4.79 Å². The van der Waals surface area contributed by atoms with Gasteiger partial charge in [-0.2, -0.15) is 13.2 Å². The van der Waals surface area contributed by atoms with Crippen molar-refractivity contribution < 1.29 is 26.4 Å². The summed E-state index contributed by atoms with van der Waals surface area (Å²) in [4.78, 5) is 11.8. The van der Waals surface area contributed by atoms with E-state index in [4.69, 9.17) is 0 Å². The first-order chi connectivity index (χ1) is 13.2. The maximum absolute atomic E-state index is 12.7. The van der Waals surface area contributed by atoms with Crippen LogP contribution in [0.1, 0.15) is 17.5 Å². The Morgan fingerprint density at radius 3 is 2.39 bits per heavy atom. The molecule has 0 atom stereocenters. The van der Waals surface area contributed by atoms with Crippen LogP contribution in [-0.2, 0) is 26.6 Å². The van der Waals surface area contributed by atoms with E-state index in [1.165, 1.54) is 12.1 Å². The van der Waals surface area contributed by atoms with Crippen molar-refractivity contribution in [2.45, 2.75) is 18.3 Å². The van der Waals surface area contributed by atoms with Crippen molar-refractivity contribution in [2.75, 3.05) is 24.2 Å². The Bertz CT molecular complexity index is 885. The third-order valence-corrected chi connectivity index (χ3v) is 5.51. The number of hydrogen-bond acceptors (Lipinski definition) is 4. The molecule has 152 valence electrons. The van der Waals surface area contributed by atoms with Crippen molar-refractivity contribution in [3.05, 3.63) is 65.7 Å². The van der Waals surface area contributed by atoms with E-state index < -0.39 is 27.5 Å². The molecule has 0 aliphatic heterocycles. The molecule has 0 aliphatic carbocycles. The molecular weight excluding hydrogens is 393 g/mol. The zero-order valence-electron chi connectivity index (χ0n) is 15.0. The zero-order chi connectivity index (χ0) is 20.6. The normalized spacial score (nSPS) is 11.8. The fourth-order valence-electron chi connectivity index (χ4n) is 2.47. The number of rotatable bonds is 9. The van der Waals surface area contributed by atoms with E-state index in [-0.39, 0.29) is 36.7 Å². The van der Waals surface area contributed by atoms with Gasteiger partial charge in [0.15, 0.2) is 9.84 Å². The van der Waals surface area contributed by atoms with Gasteiger partial charge in [-0.05, 0) is 30.2 Å². The van der Waals surface area contributed by atoms with E-state index in [0.29, 0.717) is 5.56 Å². The fourth-order valence-corrected chi connectivity index (χ4v) is 3.90. The average Bonchev–Trinajstić information content (AvgIpc) is 2.63. The fraction of sp³-hybridized carbons (Fsp3) is 0.316. The lowest BCUT2D eigenvalue weighted by molar-refractivity contribution is -0.137. The van der Waals surface area contributed by atoms with Gasteiger partial charge in [-0.1, -0.05) is 36.4 Å². The molecule has 0 aliphatic rings. The highest BCUT2D eigenvalue weighted by Gasteiger charge is 2.30. The van der Waals surface area contributed by atoms with Gasteiger partial charge in [0.25, 0.3) is 0 Å². The van der Waals surface area contributed by atoms with E-state index in [1.807, 2.05) is 0 Å². The number of sulfone groups is 1. The molecule has 1 amide bonds. The molecule has 0 fully saturated rings. The molecule has 0 saturated carbocycles. The highest BCUT2D eigenvalue weighted by atomic mass is 32.2. The Morgan fingerprint density at radius 1 is 1.00 bits per heavy atom. The SMILES string of the molecule is O=C(CNc1cccc(C(F)(F)F)c1)NCCCS(=O)(=O)Cc1ccccc1. The van der Waals surface area contributed by atoms with Crippen molar-refractivity contribution in [2.24, 2.45) is 0 Å². The molecule has 0 radical (unpaired) electrons. The number of anilines is 1. The van der Waals surface area contributed by atoms with Gasteiger partial charge >= 0.3 is 6.18 Å². The van der Waals surface area contributed by atoms with E-state index in [2.05, 4.69) is 10.6 Å². The minimum absolute atomic E-state index is 0.0567. The summed E-state index contributed by atoms with van der Waals surface area (Å²) in [7, 11) is -3.28. The molecule has 2 aromatic carbocycles. The first-order valence-corrected chi connectivity index (χ1v) is 10.4. The third-order valence-electron chi connectivity index (χ3n) is 3.83. The first kappa shape index (κ1) is 21.7. The summed E-state index contributed by atoms with van der Waals surface area (Å²) in [6.07, 6.45) is -4.20. The Hall–Kier alpha value is -2.55. The molecule has 0 unspecified atom stereocenters. The molecule has 0 aromatic heterocycles. The smallest absolute Gasteiger partial charge is 0.376 e. The Kier molecular flexibility index (Phi) is 7.45. The molecule has 2 N–H and O–H groups in total. The van der Waals surface area contributed by atoms with Crippen LogP contribution < -0.4 is 10.6 Å². The number of carbonyl (C=O) groups is 1. The van der Waals surface area contributed by atoms with Gasteiger partial charge in [-0.25, -0.2) is 8.42 Å². The molecule has 0 bridgehead atoms. The van der Waals surface area contributed by atoms with Crippen LogP contribution in [0.3, 0.4) is 0 Å². The monoisotopic (exact) mass is 414 g/mol. The summed E-state index contributed by atoms with van der Waals surface area (Å²) in [5, 5.41) is 5.16. The second-order valence-electron chi connectivity index (χ2n) is 6.21. The summed E-state index contributed by atoms with van der Waals surface area (Å²) < 4.78 is 62.1. The topological polar surface area (TPSA) is 75.3 Å². The molecule has 2 aromatic rings. The molecule has 0 heterocycles. The molecule has 5 nitrogen and oxygen atoms in total. The van der Waals surface area contributed by atoms with Crippen molar-refractivity contribution >= 4 is 21.4 Å². The number of hydrogen-bond donors (Lipinski definition) is 2. The first-order valence-electron chi connectivity index (χ1n) is 8.58. The molecular formula is C19H21F3N2O3S. The summed E-state index contributed by atoms with van der Waals surface area (Å²) in [5.41, 5.74) is 0.0776. The molecule has 9 heteroatoms. The van der Waals surface area contributed by atoms with Crippen molar-refractivity contribution in [3.63, 3.8) is 0 Å². The largest absolute Gasteiger partial charge is 0.416 e. The minimum Gasteiger partial charge on any atom is -0.376 e. The second-order valence-corrected chi connectivity index (χ2v) is 8.40. The van der Waals surface area contributed by atoms with Crippen LogP contribution in [0.2, 0.25) is 0 Å². The third kappa shape index (κ3) is 7.59. The van der Waals surface area contributed by atoms with Gasteiger partial charge in [0.1, 0.15) is 0 Å². The lowest BCUT2D eigenvalue weighted by atomic mass is 10.2. The number of alkyl halides is 3. The van der Waals surface area contributed by atoms with Crippen LogP contribution in [-0.4, -0.2) is 33.2 Å². The standard InChI is InChI=1S/C19H21F3N2O3S/c20-19(21,22)16-8-4-9-17(12-16)24-13-18(25)23-10-5-11-28(26,27)14-15-6-2-1-3-7-15/h1-4,6-9,12,24H,5,10-11,13-14H2,(H,23,25). The van der Waals surface area contributed by atoms with Crippen molar-refractivity contribution in [3.8, 4) is 0 Å². The quantitative estimate of drug-likeness (QED) is 0.618. The van der Waals surface area contributed by atoms with Crippen LogP contribution >= 0.6 is 0 Å².